The summed E-state index contributed by atoms with van der Waals surface area (Å²) in [7, 11) is 0. The van der Waals surface area contributed by atoms with Gasteiger partial charge in [-0.1, -0.05) is 0 Å². The van der Waals surface area contributed by atoms with E-state index in [1.54, 1.807) is 38.1 Å². The van der Waals surface area contributed by atoms with Crippen LogP contribution in [-0.2, 0) is 9.59 Å². The van der Waals surface area contributed by atoms with Crippen molar-refractivity contribution in [2.24, 2.45) is 0 Å². The van der Waals surface area contributed by atoms with Crippen molar-refractivity contribution < 1.29 is 14.3 Å². The van der Waals surface area contributed by atoms with Gasteiger partial charge in [0.1, 0.15) is 5.75 Å². The Hall–Kier alpha value is -2.72. The maximum Gasteiger partial charge on any atom is 0.311 e. The molecule has 1 aromatic carbocycles. The zero-order valence-electron chi connectivity index (χ0n) is 14.3. The Balaban J connectivity index is 2.36. The minimum absolute atomic E-state index is 0.0466. The zero-order chi connectivity index (χ0) is 17.6. The zero-order valence-corrected chi connectivity index (χ0v) is 14.3. The van der Waals surface area contributed by atoms with Crippen LogP contribution in [0.25, 0.3) is 0 Å². The third-order valence-corrected chi connectivity index (χ3v) is 3.11. The van der Waals surface area contributed by atoms with Crippen LogP contribution in [0.15, 0.2) is 24.3 Å². The summed E-state index contributed by atoms with van der Waals surface area (Å²) >= 11 is 0. The molecule has 4 nitrogen and oxygen atoms in total. The van der Waals surface area contributed by atoms with Crippen LogP contribution in [0.5, 0.6) is 5.75 Å². The SMILES string of the molecule is CC#CCCCC(=O)Nc1ccc(OC(=O)CCCC#CC)cc1. The first-order valence-electron chi connectivity index (χ1n) is 8.05. The molecule has 0 spiro atoms. The van der Waals surface area contributed by atoms with Crippen LogP contribution in [-0.4, -0.2) is 11.9 Å². The van der Waals surface area contributed by atoms with Gasteiger partial charge in [-0.3, -0.25) is 9.59 Å². The highest BCUT2D eigenvalue weighted by Gasteiger charge is 2.05. The summed E-state index contributed by atoms with van der Waals surface area (Å²) in [6, 6.07) is 6.77. The van der Waals surface area contributed by atoms with E-state index in [2.05, 4.69) is 29.0 Å². The second-order valence-electron chi connectivity index (χ2n) is 5.11. The molecular formula is C20H23NO3. The fourth-order valence-corrected chi connectivity index (χ4v) is 1.92. The fourth-order valence-electron chi connectivity index (χ4n) is 1.92. The van der Waals surface area contributed by atoms with Crippen LogP contribution in [0, 0.1) is 23.7 Å². The summed E-state index contributed by atoms with van der Waals surface area (Å²) in [6.45, 7) is 3.56. The van der Waals surface area contributed by atoms with Crippen molar-refractivity contribution in [1.29, 1.82) is 0 Å². The lowest BCUT2D eigenvalue weighted by atomic mass is 10.2. The van der Waals surface area contributed by atoms with Crippen molar-refractivity contribution in [1.82, 2.24) is 0 Å². The number of hydrogen-bond donors (Lipinski definition) is 1. The van der Waals surface area contributed by atoms with E-state index in [9.17, 15) is 9.59 Å². The van der Waals surface area contributed by atoms with Crippen LogP contribution >= 0.6 is 0 Å². The smallest absolute Gasteiger partial charge is 0.311 e. The van der Waals surface area contributed by atoms with E-state index < -0.39 is 0 Å². The Morgan fingerprint density at radius 3 is 2.12 bits per heavy atom. The number of nitrogens with one attached hydrogen (secondary N) is 1. The maximum atomic E-state index is 11.8. The number of carbonyl (C=O) groups excluding carboxylic acids is 2. The van der Waals surface area contributed by atoms with Gasteiger partial charge in [-0.25, -0.2) is 0 Å². The summed E-state index contributed by atoms with van der Waals surface area (Å²) < 4.78 is 5.23. The van der Waals surface area contributed by atoms with Crippen LogP contribution < -0.4 is 10.1 Å². The van der Waals surface area contributed by atoms with Crippen LogP contribution in [0.2, 0.25) is 0 Å². The molecular weight excluding hydrogens is 302 g/mol. The first kappa shape index (κ1) is 19.3. The Labute approximate surface area is 144 Å². The van der Waals surface area contributed by atoms with Crippen LogP contribution in [0.4, 0.5) is 5.69 Å². The van der Waals surface area contributed by atoms with E-state index in [4.69, 9.17) is 4.74 Å². The van der Waals surface area contributed by atoms with Gasteiger partial charge in [0.25, 0.3) is 0 Å². The van der Waals surface area contributed by atoms with Crippen molar-refractivity contribution in [3.63, 3.8) is 0 Å². The Morgan fingerprint density at radius 2 is 1.54 bits per heavy atom. The molecule has 0 aliphatic rings. The minimum atomic E-state index is -0.276. The molecule has 1 rings (SSSR count). The summed E-state index contributed by atoms with van der Waals surface area (Å²) in [4.78, 5) is 23.4. The molecule has 0 aliphatic carbocycles. The second-order valence-corrected chi connectivity index (χ2v) is 5.11. The highest BCUT2D eigenvalue weighted by Crippen LogP contribution is 2.17. The number of unbranched alkanes of at least 4 members (excludes halogenated alkanes) is 2. The van der Waals surface area contributed by atoms with Crippen molar-refractivity contribution in [3.8, 4) is 29.4 Å². The quantitative estimate of drug-likeness (QED) is 0.341. The maximum absolute atomic E-state index is 11.8. The van der Waals surface area contributed by atoms with Crippen LogP contribution in [0.1, 0.15) is 52.4 Å². The molecule has 0 saturated carbocycles. The largest absolute Gasteiger partial charge is 0.427 e. The molecule has 0 bridgehead atoms. The molecule has 0 heterocycles. The summed E-state index contributed by atoms with van der Waals surface area (Å²) in [5.41, 5.74) is 0.680. The van der Waals surface area contributed by atoms with Crippen LogP contribution in [0.3, 0.4) is 0 Å². The summed E-state index contributed by atoms with van der Waals surface area (Å²) in [5, 5.41) is 2.80. The highest BCUT2D eigenvalue weighted by molar-refractivity contribution is 5.90. The molecule has 24 heavy (non-hydrogen) atoms. The summed E-state index contributed by atoms with van der Waals surface area (Å²) in [5.74, 6) is 11.6. The minimum Gasteiger partial charge on any atom is -0.427 e. The Morgan fingerprint density at radius 1 is 0.958 bits per heavy atom. The number of amides is 1. The average Bonchev–Trinajstić information content (AvgIpc) is 2.57. The third kappa shape index (κ3) is 8.66. The Kier molecular flexibility index (Phi) is 9.50. The van der Waals surface area contributed by atoms with E-state index in [1.807, 2.05) is 0 Å². The van der Waals surface area contributed by atoms with Crippen molar-refractivity contribution in [2.75, 3.05) is 5.32 Å². The molecule has 0 fully saturated rings. The van der Waals surface area contributed by atoms with Gasteiger partial charge in [0, 0.05) is 31.4 Å². The number of ether oxygens (including phenoxy) is 1. The molecule has 126 valence electrons. The summed E-state index contributed by atoms with van der Waals surface area (Å²) in [6.07, 6.45) is 3.63. The number of carbonyl (C=O) groups is 2. The average molecular weight is 325 g/mol. The van der Waals surface area contributed by atoms with E-state index in [0.717, 1.165) is 12.8 Å². The van der Waals surface area contributed by atoms with Crippen molar-refractivity contribution >= 4 is 17.6 Å². The number of benzene rings is 1. The molecule has 0 atom stereocenters. The van der Waals surface area contributed by atoms with Gasteiger partial charge in [-0.05, 0) is 51.0 Å². The number of hydrogen-bond acceptors (Lipinski definition) is 3. The normalized spacial score (nSPS) is 9.08. The van der Waals surface area contributed by atoms with Gasteiger partial charge < -0.3 is 10.1 Å². The van der Waals surface area contributed by atoms with E-state index >= 15 is 0 Å². The lowest BCUT2D eigenvalue weighted by Gasteiger charge is -2.07. The third-order valence-electron chi connectivity index (χ3n) is 3.11. The molecule has 0 aliphatic heterocycles. The fraction of sp³-hybridized carbons (Fsp3) is 0.400. The van der Waals surface area contributed by atoms with Gasteiger partial charge in [0.2, 0.25) is 5.91 Å². The van der Waals surface area contributed by atoms with Gasteiger partial charge in [0.15, 0.2) is 0 Å². The van der Waals surface area contributed by atoms with Gasteiger partial charge in [0.05, 0.1) is 0 Å². The predicted octanol–water partition coefficient (Wildman–Crippen LogP) is 3.92. The Bertz CT molecular complexity index is 595. The topological polar surface area (TPSA) is 55.4 Å². The first-order chi connectivity index (χ1) is 11.7. The number of esters is 1. The number of anilines is 1. The van der Waals surface area contributed by atoms with E-state index in [0.29, 0.717) is 37.1 Å². The van der Waals surface area contributed by atoms with Gasteiger partial charge in [-0.15, -0.1) is 23.7 Å². The van der Waals surface area contributed by atoms with Crippen molar-refractivity contribution in [2.45, 2.75) is 52.4 Å². The molecule has 0 saturated heterocycles. The van der Waals surface area contributed by atoms with Gasteiger partial charge in [-0.2, -0.15) is 0 Å². The lowest BCUT2D eigenvalue weighted by Crippen LogP contribution is -2.11. The molecule has 1 amide bonds. The van der Waals surface area contributed by atoms with E-state index in [-0.39, 0.29) is 11.9 Å². The standard InChI is InChI=1S/C20H23NO3/c1-3-5-7-9-11-19(22)21-17-13-15-18(16-14-17)24-20(23)12-10-8-6-4-2/h13-16H,7-12H2,1-2H3,(H,21,22). The van der Waals surface area contributed by atoms with Crippen molar-refractivity contribution in [3.05, 3.63) is 24.3 Å². The highest BCUT2D eigenvalue weighted by atomic mass is 16.5. The molecule has 0 radical (unpaired) electrons. The molecule has 0 unspecified atom stereocenters. The predicted molar refractivity (Wildman–Crippen MR) is 95.3 cm³/mol. The molecule has 1 aromatic rings. The van der Waals surface area contributed by atoms with E-state index in [1.165, 1.54) is 0 Å². The van der Waals surface area contributed by atoms with Gasteiger partial charge >= 0.3 is 5.97 Å². The first-order valence-corrected chi connectivity index (χ1v) is 8.05. The molecule has 4 heteroatoms. The molecule has 0 aromatic heterocycles. The monoisotopic (exact) mass is 325 g/mol. The lowest BCUT2D eigenvalue weighted by molar-refractivity contribution is -0.134. The second kappa shape index (κ2) is 11.8. The number of rotatable bonds is 8. The molecule has 1 N–H and O–H groups in total.